The molecule has 0 bridgehead atoms. The standard InChI is InChI=1S/C18H20N4O2S2/c1-19-15-12-17(25-18(15)20-13-21(2)3)26(23,24)22-11-7-6-9-14-8-4-5-10-16(14)22/h4-5,8,10,12-13H,6-7,9,11H2,2-3H3/b20-13+. The van der Waals surface area contributed by atoms with Crippen molar-refractivity contribution >= 4 is 44.1 Å². The van der Waals surface area contributed by atoms with Crippen LogP contribution < -0.4 is 4.31 Å². The van der Waals surface area contributed by atoms with Crippen molar-refractivity contribution in [3.63, 3.8) is 0 Å². The Labute approximate surface area is 158 Å². The lowest BCUT2D eigenvalue weighted by Gasteiger charge is -2.23. The average Bonchev–Trinajstić information content (AvgIpc) is 2.92. The fourth-order valence-electron chi connectivity index (χ4n) is 2.83. The van der Waals surface area contributed by atoms with Gasteiger partial charge in [0.1, 0.15) is 9.21 Å². The Morgan fingerprint density at radius 2 is 2.08 bits per heavy atom. The summed E-state index contributed by atoms with van der Waals surface area (Å²) in [4.78, 5) is 9.42. The number of aryl methyl sites for hydroxylation is 1. The summed E-state index contributed by atoms with van der Waals surface area (Å²) in [6.45, 7) is 7.77. The molecule has 0 aliphatic carbocycles. The molecule has 136 valence electrons. The molecule has 0 spiro atoms. The number of fused-ring (bicyclic) bond motifs is 1. The minimum atomic E-state index is -3.73. The van der Waals surface area contributed by atoms with Crippen LogP contribution in [0.3, 0.4) is 0 Å². The van der Waals surface area contributed by atoms with Crippen molar-refractivity contribution in [2.24, 2.45) is 4.99 Å². The zero-order valence-corrected chi connectivity index (χ0v) is 16.3. The van der Waals surface area contributed by atoms with Gasteiger partial charge in [-0.15, -0.1) is 11.3 Å². The first-order valence-corrected chi connectivity index (χ1v) is 10.5. The molecule has 0 saturated carbocycles. The van der Waals surface area contributed by atoms with Gasteiger partial charge in [0.25, 0.3) is 10.0 Å². The smallest absolute Gasteiger partial charge is 0.272 e. The molecular formula is C18H20N4O2S2. The maximum atomic E-state index is 13.3. The van der Waals surface area contributed by atoms with Crippen LogP contribution in [-0.2, 0) is 16.4 Å². The lowest BCUT2D eigenvalue weighted by Crippen LogP contribution is -2.31. The number of hydrogen-bond donors (Lipinski definition) is 0. The number of aliphatic imine (C=N–C) groups is 1. The van der Waals surface area contributed by atoms with E-state index in [4.69, 9.17) is 6.57 Å². The summed E-state index contributed by atoms with van der Waals surface area (Å²) < 4.78 is 28.2. The fourth-order valence-corrected chi connectivity index (χ4v) is 5.72. The lowest BCUT2D eigenvalue weighted by molar-refractivity contribution is 0.591. The van der Waals surface area contributed by atoms with Crippen LogP contribution in [0.2, 0.25) is 0 Å². The third-order valence-corrected chi connectivity index (χ3v) is 7.35. The largest absolute Gasteiger partial charge is 0.369 e. The molecule has 0 saturated heterocycles. The summed E-state index contributed by atoms with van der Waals surface area (Å²) in [5.41, 5.74) is 2.04. The molecule has 2 aromatic rings. The molecule has 0 fully saturated rings. The highest BCUT2D eigenvalue weighted by atomic mass is 32.2. The van der Waals surface area contributed by atoms with Gasteiger partial charge in [0.15, 0.2) is 0 Å². The normalized spacial score (nSPS) is 14.7. The zero-order chi connectivity index (χ0) is 18.7. The summed E-state index contributed by atoms with van der Waals surface area (Å²) >= 11 is 1.04. The number of hydrogen-bond acceptors (Lipinski definition) is 4. The van der Waals surface area contributed by atoms with E-state index in [1.807, 2.05) is 38.4 Å². The van der Waals surface area contributed by atoms with Gasteiger partial charge in [-0.05, 0) is 37.0 Å². The fraction of sp³-hybridized carbons (Fsp3) is 0.333. The van der Waals surface area contributed by atoms with Crippen molar-refractivity contribution in [3.05, 3.63) is 47.3 Å². The number of sulfonamides is 1. The SMILES string of the molecule is [C-]#[N+]c1cc(S(=O)(=O)N2CCCCc3ccccc32)sc1/N=C/N(C)C. The van der Waals surface area contributed by atoms with Crippen LogP contribution in [0.25, 0.3) is 4.85 Å². The van der Waals surface area contributed by atoms with E-state index in [1.54, 1.807) is 11.2 Å². The number of rotatable bonds is 4. The van der Waals surface area contributed by atoms with Gasteiger partial charge in [0.2, 0.25) is 5.69 Å². The second kappa shape index (κ2) is 7.48. The third-order valence-electron chi connectivity index (χ3n) is 4.06. The maximum Gasteiger partial charge on any atom is 0.272 e. The number of para-hydroxylation sites is 1. The Bertz CT molecular complexity index is 971. The Hall–Kier alpha value is -2.37. The highest BCUT2D eigenvalue weighted by Gasteiger charge is 2.30. The van der Waals surface area contributed by atoms with E-state index in [2.05, 4.69) is 9.84 Å². The molecule has 1 aromatic heterocycles. The van der Waals surface area contributed by atoms with Crippen molar-refractivity contribution in [2.75, 3.05) is 24.9 Å². The second-order valence-electron chi connectivity index (χ2n) is 6.24. The molecule has 0 amide bonds. The predicted molar refractivity (Wildman–Crippen MR) is 106 cm³/mol. The Kier molecular flexibility index (Phi) is 5.30. The third kappa shape index (κ3) is 3.59. The van der Waals surface area contributed by atoms with Crippen LogP contribution in [0.4, 0.5) is 16.4 Å². The molecule has 1 aromatic carbocycles. The van der Waals surface area contributed by atoms with Gasteiger partial charge in [0.05, 0.1) is 18.6 Å². The summed E-state index contributed by atoms with van der Waals surface area (Å²) in [5, 5.41) is 0.412. The van der Waals surface area contributed by atoms with Crippen molar-refractivity contribution in [2.45, 2.75) is 23.5 Å². The molecule has 3 rings (SSSR count). The molecule has 0 radical (unpaired) electrons. The highest BCUT2D eigenvalue weighted by Crippen LogP contribution is 2.42. The molecule has 26 heavy (non-hydrogen) atoms. The van der Waals surface area contributed by atoms with E-state index in [-0.39, 0.29) is 9.90 Å². The van der Waals surface area contributed by atoms with E-state index < -0.39 is 10.0 Å². The van der Waals surface area contributed by atoms with Gasteiger partial charge >= 0.3 is 0 Å². The predicted octanol–water partition coefficient (Wildman–Crippen LogP) is 4.05. The van der Waals surface area contributed by atoms with Crippen LogP contribution in [0.15, 0.2) is 39.5 Å². The van der Waals surface area contributed by atoms with E-state index in [0.717, 1.165) is 41.9 Å². The highest BCUT2D eigenvalue weighted by molar-refractivity contribution is 7.94. The van der Waals surface area contributed by atoms with Gasteiger partial charge < -0.3 is 4.90 Å². The summed E-state index contributed by atoms with van der Waals surface area (Å²) in [6, 6.07) is 9.06. The van der Waals surface area contributed by atoms with E-state index in [9.17, 15) is 8.42 Å². The van der Waals surface area contributed by atoms with Crippen LogP contribution in [0, 0.1) is 6.57 Å². The first-order valence-electron chi connectivity index (χ1n) is 8.26. The van der Waals surface area contributed by atoms with Gasteiger partial charge in [-0.3, -0.25) is 4.31 Å². The number of thiophene rings is 1. The molecule has 0 atom stereocenters. The molecule has 2 heterocycles. The van der Waals surface area contributed by atoms with Crippen LogP contribution in [0.1, 0.15) is 18.4 Å². The minimum absolute atomic E-state index is 0.158. The van der Waals surface area contributed by atoms with Crippen molar-refractivity contribution < 1.29 is 8.42 Å². The van der Waals surface area contributed by atoms with E-state index >= 15 is 0 Å². The van der Waals surface area contributed by atoms with E-state index in [0.29, 0.717) is 11.5 Å². The van der Waals surface area contributed by atoms with Crippen molar-refractivity contribution in [1.29, 1.82) is 0 Å². The van der Waals surface area contributed by atoms with Gasteiger partial charge in [0, 0.05) is 20.6 Å². The summed E-state index contributed by atoms with van der Waals surface area (Å²) in [5.74, 6) is 0. The summed E-state index contributed by atoms with van der Waals surface area (Å²) in [7, 11) is -0.0883. The topological polar surface area (TPSA) is 57.3 Å². The Morgan fingerprint density at radius 3 is 2.81 bits per heavy atom. The van der Waals surface area contributed by atoms with Crippen LogP contribution in [0.5, 0.6) is 0 Å². The van der Waals surface area contributed by atoms with Crippen LogP contribution in [-0.4, -0.2) is 40.3 Å². The quantitative estimate of drug-likeness (QED) is 0.451. The van der Waals surface area contributed by atoms with Gasteiger partial charge in [-0.2, -0.15) is 0 Å². The Balaban J connectivity index is 2.05. The van der Waals surface area contributed by atoms with Crippen molar-refractivity contribution in [1.82, 2.24) is 4.90 Å². The minimum Gasteiger partial charge on any atom is -0.369 e. The van der Waals surface area contributed by atoms with Crippen molar-refractivity contribution in [3.8, 4) is 0 Å². The number of benzene rings is 1. The lowest BCUT2D eigenvalue weighted by atomic mass is 10.1. The molecule has 1 aliphatic heterocycles. The van der Waals surface area contributed by atoms with Gasteiger partial charge in [-0.1, -0.05) is 18.2 Å². The van der Waals surface area contributed by atoms with Gasteiger partial charge in [-0.25, -0.2) is 18.3 Å². The number of nitrogens with zero attached hydrogens (tertiary/aromatic N) is 4. The number of anilines is 1. The molecule has 1 aliphatic rings. The molecule has 0 N–H and O–H groups in total. The first-order chi connectivity index (χ1) is 12.4. The molecule has 6 nitrogen and oxygen atoms in total. The first kappa shape index (κ1) is 18.4. The molecular weight excluding hydrogens is 368 g/mol. The summed E-state index contributed by atoms with van der Waals surface area (Å²) in [6.07, 6.45) is 4.20. The average molecular weight is 389 g/mol. The molecule has 8 heteroatoms. The monoisotopic (exact) mass is 388 g/mol. The van der Waals surface area contributed by atoms with Crippen LogP contribution >= 0.6 is 11.3 Å². The second-order valence-corrected chi connectivity index (χ2v) is 9.36. The zero-order valence-electron chi connectivity index (χ0n) is 14.7. The molecule has 0 unspecified atom stereocenters. The maximum absolute atomic E-state index is 13.3. The van der Waals surface area contributed by atoms with E-state index in [1.165, 1.54) is 10.4 Å². The Morgan fingerprint density at radius 1 is 1.31 bits per heavy atom.